The summed E-state index contributed by atoms with van der Waals surface area (Å²) in [4.78, 5) is 15.6. The number of rotatable bonds is 3. The summed E-state index contributed by atoms with van der Waals surface area (Å²) in [7, 11) is 3.51. The Morgan fingerprint density at radius 2 is 2.05 bits per heavy atom. The number of methoxy groups -OCH3 is 1. The van der Waals surface area contributed by atoms with Gasteiger partial charge in [-0.2, -0.15) is 0 Å². The third-order valence-corrected chi connectivity index (χ3v) is 4.09. The molecule has 20 heavy (non-hydrogen) atoms. The fraction of sp³-hybridized carbons (Fsp3) is 0.533. The second-order valence-corrected chi connectivity index (χ2v) is 5.27. The summed E-state index contributed by atoms with van der Waals surface area (Å²) in [5, 5.41) is 0. The molecule has 1 fully saturated rings. The van der Waals surface area contributed by atoms with Gasteiger partial charge in [0, 0.05) is 44.9 Å². The number of hydrogen-bond donors (Lipinski definition) is 1. The fourth-order valence-corrected chi connectivity index (χ4v) is 2.66. The van der Waals surface area contributed by atoms with Crippen molar-refractivity contribution in [2.45, 2.75) is 25.8 Å². The largest absolute Gasteiger partial charge is 0.495 e. The highest BCUT2D eigenvalue weighted by molar-refractivity contribution is 5.73. The lowest BCUT2D eigenvalue weighted by Crippen LogP contribution is -2.45. The van der Waals surface area contributed by atoms with Crippen LogP contribution in [-0.2, 0) is 4.79 Å². The van der Waals surface area contributed by atoms with Gasteiger partial charge < -0.3 is 20.3 Å². The standard InChI is InChI=1S/C15H23N3O2/c1-11(19)17(2)12-6-8-18(9-7-12)13-4-5-14(16)15(10-13)20-3/h4-5,10,12H,6-9,16H2,1-3H3. The van der Waals surface area contributed by atoms with Crippen molar-refractivity contribution in [3.05, 3.63) is 18.2 Å². The van der Waals surface area contributed by atoms with Crippen molar-refractivity contribution in [1.29, 1.82) is 0 Å². The Labute approximate surface area is 120 Å². The van der Waals surface area contributed by atoms with Crippen molar-refractivity contribution in [3.8, 4) is 5.75 Å². The highest BCUT2D eigenvalue weighted by Crippen LogP contribution is 2.29. The summed E-state index contributed by atoms with van der Waals surface area (Å²) in [6.07, 6.45) is 1.98. The molecule has 1 aliphatic rings. The predicted molar refractivity (Wildman–Crippen MR) is 81.1 cm³/mol. The van der Waals surface area contributed by atoms with Crippen LogP contribution in [0.2, 0.25) is 0 Å². The molecule has 0 bridgehead atoms. The van der Waals surface area contributed by atoms with Crippen molar-refractivity contribution in [1.82, 2.24) is 4.90 Å². The quantitative estimate of drug-likeness (QED) is 0.855. The number of anilines is 2. The number of piperidine rings is 1. The van der Waals surface area contributed by atoms with Crippen LogP contribution in [0.25, 0.3) is 0 Å². The number of nitrogens with two attached hydrogens (primary N) is 1. The van der Waals surface area contributed by atoms with Crippen molar-refractivity contribution in [3.63, 3.8) is 0 Å². The van der Waals surface area contributed by atoms with Crippen molar-refractivity contribution < 1.29 is 9.53 Å². The molecule has 2 N–H and O–H groups in total. The Bertz CT molecular complexity index is 482. The monoisotopic (exact) mass is 277 g/mol. The summed E-state index contributed by atoms with van der Waals surface area (Å²) in [5.41, 5.74) is 7.62. The molecular weight excluding hydrogens is 254 g/mol. The van der Waals surface area contributed by atoms with Crippen LogP contribution in [0.1, 0.15) is 19.8 Å². The molecular formula is C15H23N3O2. The molecule has 110 valence electrons. The second-order valence-electron chi connectivity index (χ2n) is 5.27. The number of carbonyl (C=O) groups is 1. The van der Waals surface area contributed by atoms with Crippen LogP contribution in [0.15, 0.2) is 18.2 Å². The molecule has 1 aliphatic heterocycles. The molecule has 1 saturated heterocycles. The molecule has 2 rings (SSSR count). The summed E-state index contributed by atoms with van der Waals surface area (Å²) < 4.78 is 5.26. The summed E-state index contributed by atoms with van der Waals surface area (Å²) >= 11 is 0. The molecule has 1 heterocycles. The van der Waals surface area contributed by atoms with E-state index in [1.807, 2.05) is 30.1 Å². The van der Waals surface area contributed by atoms with Gasteiger partial charge in [-0.25, -0.2) is 0 Å². The van der Waals surface area contributed by atoms with Crippen LogP contribution < -0.4 is 15.4 Å². The Kier molecular flexibility index (Phi) is 4.37. The van der Waals surface area contributed by atoms with E-state index in [0.717, 1.165) is 31.6 Å². The van der Waals surface area contributed by atoms with Crippen LogP contribution in [0.5, 0.6) is 5.75 Å². The Morgan fingerprint density at radius 1 is 1.40 bits per heavy atom. The summed E-state index contributed by atoms with van der Waals surface area (Å²) in [5.74, 6) is 0.850. The molecule has 0 atom stereocenters. The molecule has 0 spiro atoms. The van der Waals surface area contributed by atoms with E-state index in [-0.39, 0.29) is 5.91 Å². The van der Waals surface area contributed by atoms with E-state index in [1.54, 1.807) is 14.0 Å². The fourth-order valence-electron chi connectivity index (χ4n) is 2.66. The SMILES string of the molecule is COc1cc(N2CCC(N(C)C(C)=O)CC2)ccc1N. The lowest BCUT2D eigenvalue weighted by atomic mass is 10.0. The molecule has 0 radical (unpaired) electrons. The summed E-state index contributed by atoms with van der Waals surface area (Å²) in [6, 6.07) is 6.22. The Hall–Kier alpha value is -1.91. The molecule has 0 aromatic heterocycles. The third-order valence-electron chi connectivity index (χ3n) is 4.09. The van der Waals surface area contributed by atoms with Crippen molar-refractivity contribution >= 4 is 17.3 Å². The normalized spacial score (nSPS) is 16.1. The lowest BCUT2D eigenvalue weighted by Gasteiger charge is -2.37. The van der Waals surface area contributed by atoms with Gasteiger partial charge in [-0.1, -0.05) is 0 Å². The predicted octanol–water partition coefficient (Wildman–Crippen LogP) is 1.72. The van der Waals surface area contributed by atoms with Crippen LogP contribution in [0.4, 0.5) is 11.4 Å². The molecule has 1 aromatic rings. The van der Waals surface area contributed by atoms with Crippen molar-refractivity contribution in [2.24, 2.45) is 0 Å². The maximum atomic E-state index is 11.4. The highest BCUT2D eigenvalue weighted by atomic mass is 16.5. The molecule has 0 unspecified atom stereocenters. The Morgan fingerprint density at radius 3 is 2.60 bits per heavy atom. The molecule has 0 saturated carbocycles. The first kappa shape index (κ1) is 14.5. The number of hydrogen-bond acceptors (Lipinski definition) is 4. The van der Waals surface area contributed by atoms with Gasteiger partial charge in [-0.05, 0) is 25.0 Å². The van der Waals surface area contributed by atoms with Gasteiger partial charge in [0.2, 0.25) is 5.91 Å². The average Bonchev–Trinajstić information content (AvgIpc) is 2.47. The zero-order valence-electron chi connectivity index (χ0n) is 12.4. The van der Waals surface area contributed by atoms with E-state index in [1.165, 1.54) is 0 Å². The van der Waals surface area contributed by atoms with E-state index < -0.39 is 0 Å². The minimum absolute atomic E-state index is 0.137. The van der Waals surface area contributed by atoms with Crippen molar-refractivity contribution in [2.75, 3.05) is 37.9 Å². The molecule has 0 aliphatic carbocycles. The van der Waals surface area contributed by atoms with Crippen LogP contribution in [0.3, 0.4) is 0 Å². The smallest absolute Gasteiger partial charge is 0.219 e. The second kappa shape index (κ2) is 6.03. The van der Waals surface area contributed by atoms with Crippen LogP contribution >= 0.6 is 0 Å². The molecule has 5 nitrogen and oxygen atoms in total. The molecule has 1 aromatic carbocycles. The van der Waals surface area contributed by atoms with E-state index in [2.05, 4.69) is 4.90 Å². The molecule has 1 amide bonds. The van der Waals surface area contributed by atoms with Gasteiger partial charge >= 0.3 is 0 Å². The van der Waals surface area contributed by atoms with Crippen LogP contribution in [-0.4, -0.2) is 44.1 Å². The number of nitrogen functional groups attached to an aromatic ring is 1. The number of amides is 1. The number of ether oxygens (including phenoxy) is 1. The zero-order chi connectivity index (χ0) is 14.7. The first-order valence-electron chi connectivity index (χ1n) is 6.94. The number of carbonyl (C=O) groups excluding carboxylic acids is 1. The van der Waals surface area contributed by atoms with E-state index in [9.17, 15) is 4.79 Å². The topological polar surface area (TPSA) is 58.8 Å². The summed E-state index contributed by atoms with van der Waals surface area (Å²) in [6.45, 7) is 3.50. The van der Waals surface area contributed by atoms with Crippen LogP contribution in [0, 0.1) is 0 Å². The average molecular weight is 277 g/mol. The third kappa shape index (κ3) is 2.98. The lowest BCUT2D eigenvalue weighted by molar-refractivity contribution is -0.129. The van der Waals surface area contributed by atoms with E-state index in [0.29, 0.717) is 17.5 Å². The van der Waals surface area contributed by atoms with E-state index >= 15 is 0 Å². The maximum Gasteiger partial charge on any atom is 0.219 e. The van der Waals surface area contributed by atoms with Gasteiger partial charge in [0.15, 0.2) is 0 Å². The van der Waals surface area contributed by atoms with Gasteiger partial charge in [-0.3, -0.25) is 4.79 Å². The zero-order valence-corrected chi connectivity index (χ0v) is 12.4. The number of nitrogens with zero attached hydrogens (tertiary/aromatic N) is 2. The molecule has 5 heteroatoms. The van der Waals surface area contributed by atoms with Gasteiger partial charge in [-0.15, -0.1) is 0 Å². The number of benzene rings is 1. The van der Waals surface area contributed by atoms with E-state index in [4.69, 9.17) is 10.5 Å². The van der Waals surface area contributed by atoms with Gasteiger partial charge in [0.1, 0.15) is 5.75 Å². The highest BCUT2D eigenvalue weighted by Gasteiger charge is 2.24. The van der Waals surface area contributed by atoms with Gasteiger partial charge in [0.05, 0.1) is 12.8 Å². The first-order chi connectivity index (χ1) is 9.52. The minimum atomic E-state index is 0.137. The minimum Gasteiger partial charge on any atom is -0.495 e. The first-order valence-corrected chi connectivity index (χ1v) is 6.94. The Balaban J connectivity index is 2.02. The van der Waals surface area contributed by atoms with Gasteiger partial charge in [0.25, 0.3) is 0 Å². The maximum absolute atomic E-state index is 11.4.